The van der Waals surface area contributed by atoms with Crippen molar-refractivity contribution in [3.63, 3.8) is 0 Å². The van der Waals surface area contributed by atoms with Crippen molar-refractivity contribution < 1.29 is 9.66 Å². The second kappa shape index (κ2) is 9.81. The molecule has 1 spiro atoms. The summed E-state index contributed by atoms with van der Waals surface area (Å²) in [4.78, 5) is 13.5. The Hall–Kier alpha value is -5.96. The number of rotatable bonds is 5. The molecule has 0 aromatic heterocycles. The zero-order valence-corrected chi connectivity index (χ0v) is 23.7. The first-order valence-electron chi connectivity index (χ1n) is 14.3. The van der Waals surface area contributed by atoms with Gasteiger partial charge >= 0.3 is 0 Å². The molecule has 2 aliphatic heterocycles. The lowest BCUT2D eigenvalue weighted by atomic mass is 9.75. The zero-order valence-electron chi connectivity index (χ0n) is 23.7. The lowest BCUT2D eigenvalue weighted by Gasteiger charge is -2.52. The molecule has 0 radical (unpaired) electrons. The third-order valence-corrected chi connectivity index (χ3v) is 8.46. The highest BCUT2D eigenvalue weighted by Crippen LogP contribution is 2.53. The molecule has 0 saturated carbocycles. The molecule has 44 heavy (non-hydrogen) atoms. The molecule has 1 aliphatic carbocycles. The van der Waals surface area contributed by atoms with Crippen LogP contribution in [0.15, 0.2) is 138 Å². The fourth-order valence-electron chi connectivity index (χ4n) is 6.47. The van der Waals surface area contributed by atoms with E-state index in [0.717, 1.165) is 50.8 Å². The molecular formula is C35H26N6O3. The first kappa shape index (κ1) is 25.7. The van der Waals surface area contributed by atoms with Crippen LogP contribution in [-0.4, -0.2) is 35.1 Å². The smallest absolute Gasteiger partial charge is 0.269 e. The van der Waals surface area contributed by atoms with Crippen molar-refractivity contribution in [2.24, 2.45) is 10.2 Å². The summed E-state index contributed by atoms with van der Waals surface area (Å²) in [5, 5.41) is 26.3. The van der Waals surface area contributed by atoms with Crippen LogP contribution in [0, 0.1) is 10.1 Å². The molecule has 1 unspecified atom stereocenters. The fourth-order valence-corrected chi connectivity index (χ4v) is 6.47. The van der Waals surface area contributed by atoms with Gasteiger partial charge in [-0.1, -0.05) is 78.9 Å². The summed E-state index contributed by atoms with van der Waals surface area (Å²) >= 11 is 0. The Labute approximate surface area is 253 Å². The number of ether oxygens (including phenoxy) is 1. The van der Waals surface area contributed by atoms with Gasteiger partial charge in [-0.15, -0.1) is 0 Å². The number of nitrogens with zero attached hydrogens (tertiary/aromatic N) is 6. The standard InChI is InChI=1S/C35H26N6O3/c1-44-28-21-19-25(20-22-28)39-23-38-34(24-9-3-2-4-10-24)37-40(26-15-17-27(18-16-26)41(42)43)35(38)32-14-8-7-12-30(32)29-11-5-6-13-31(29)33(35)36-39/h2-22H,23H2,1H3. The molecule has 9 nitrogen and oxygen atoms in total. The van der Waals surface area contributed by atoms with Crippen LogP contribution < -0.4 is 14.8 Å². The second-order valence-electron chi connectivity index (χ2n) is 10.8. The summed E-state index contributed by atoms with van der Waals surface area (Å²) in [5.41, 5.74) is 6.61. The van der Waals surface area contributed by atoms with Gasteiger partial charge in [-0.3, -0.25) is 10.1 Å². The van der Waals surface area contributed by atoms with Crippen LogP contribution in [0.3, 0.4) is 0 Å². The van der Waals surface area contributed by atoms with Gasteiger partial charge < -0.3 is 9.64 Å². The summed E-state index contributed by atoms with van der Waals surface area (Å²) in [6.45, 7) is 0.392. The van der Waals surface area contributed by atoms with Crippen molar-refractivity contribution in [2.45, 2.75) is 5.66 Å². The van der Waals surface area contributed by atoms with E-state index in [0.29, 0.717) is 12.4 Å². The average Bonchev–Trinajstić information content (AvgIpc) is 3.44. The monoisotopic (exact) mass is 578 g/mol. The maximum absolute atomic E-state index is 11.6. The second-order valence-corrected chi connectivity index (χ2v) is 10.8. The molecule has 9 heteroatoms. The van der Waals surface area contributed by atoms with Crippen LogP contribution in [0.25, 0.3) is 11.1 Å². The Balaban J connectivity index is 1.44. The van der Waals surface area contributed by atoms with Crippen LogP contribution >= 0.6 is 0 Å². The summed E-state index contributed by atoms with van der Waals surface area (Å²) in [5.74, 6) is 1.53. The van der Waals surface area contributed by atoms with Gasteiger partial charge in [0.15, 0.2) is 5.84 Å². The number of nitro benzene ring substituents is 1. The largest absolute Gasteiger partial charge is 0.497 e. The van der Waals surface area contributed by atoms with Gasteiger partial charge in [0.1, 0.15) is 18.1 Å². The van der Waals surface area contributed by atoms with E-state index in [1.165, 1.54) is 12.1 Å². The number of methoxy groups -OCH3 is 1. The molecule has 2 heterocycles. The zero-order chi connectivity index (χ0) is 29.8. The normalized spacial score (nSPS) is 18.0. The molecule has 0 N–H and O–H groups in total. The number of hydrogen-bond acceptors (Lipinski definition) is 8. The lowest BCUT2D eigenvalue weighted by Crippen LogP contribution is -2.65. The summed E-state index contributed by atoms with van der Waals surface area (Å²) < 4.78 is 5.42. The molecule has 0 fully saturated rings. The van der Waals surface area contributed by atoms with Crippen LogP contribution in [0.5, 0.6) is 5.75 Å². The highest BCUT2D eigenvalue weighted by Gasteiger charge is 2.60. The molecule has 214 valence electrons. The van der Waals surface area contributed by atoms with E-state index >= 15 is 0 Å². The average molecular weight is 579 g/mol. The number of nitro groups is 1. The Morgan fingerprint density at radius 1 is 0.727 bits per heavy atom. The molecule has 0 amide bonds. The van der Waals surface area contributed by atoms with Crippen molar-refractivity contribution in [3.05, 3.63) is 154 Å². The van der Waals surface area contributed by atoms with E-state index < -0.39 is 5.66 Å². The Morgan fingerprint density at radius 3 is 2.07 bits per heavy atom. The van der Waals surface area contributed by atoms with E-state index in [4.69, 9.17) is 14.9 Å². The molecule has 5 aromatic carbocycles. The minimum absolute atomic E-state index is 0.0205. The molecule has 8 rings (SSSR count). The van der Waals surface area contributed by atoms with Gasteiger partial charge in [0, 0.05) is 28.8 Å². The lowest BCUT2D eigenvalue weighted by molar-refractivity contribution is -0.384. The predicted molar refractivity (Wildman–Crippen MR) is 171 cm³/mol. The Morgan fingerprint density at radius 2 is 1.36 bits per heavy atom. The van der Waals surface area contributed by atoms with Gasteiger partial charge in [0.05, 0.1) is 23.4 Å². The topological polar surface area (TPSA) is 86.8 Å². The van der Waals surface area contributed by atoms with E-state index in [-0.39, 0.29) is 10.6 Å². The Bertz CT molecular complexity index is 1970. The first-order valence-corrected chi connectivity index (χ1v) is 14.3. The number of hydrazone groups is 2. The van der Waals surface area contributed by atoms with Crippen LogP contribution in [0.2, 0.25) is 0 Å². The summed E-state index contributed by atoms with van der Waals surface area (Å²) in [6, 6.07) is 41.2. The molecule has 3 aliphatic rings. The van der Waals surface area contributed by atoms with Crippen molar-refractivity contribution in [1.82, 2.24) is 4.90 Å². The SMILES string of the molecule is COc1ccc(N2CN3C(c4ccccc4)=NN(c4ccc([N+](=O)[O-])cc4)C34C(=N2)c2ccccc2-c2ccccc24)cc1. The van der Waals surface area contributed by atoms with Crippen LogP contribution in [-0.2, 0) is 5.66 Å². The van der Waals surface area contributed by atoms with Crippen LogP contribution in [0.4, 0.5) is 17.1 Å². The number of non-ortho nitro benzene ring substituents is 1. The minimum atomic E-state index is -0.977. The van der Waals surface area contributed by atoms with Crippen molar-refractivity contribution in [3.8, 4) is 16.9 Å². The summed E-state index contributed by atoms with van der Waals surface area (Å²) in [7, 11) is 1.65. The number of hydrogen-bond donors (Lipinski definition) is 0. The third kappa shape index (κ3) is 3.65. The molecular weight excluding hydrogens is 552 g/mol. The Kier molecular flexibility index (Phi) is 5.73. The number of benzene rings is 5. The van der Waals surface area contributed by atoms with Crippen molar-refractivity contribution in [1.29, 1.82) is 0 Å². The molecule has 1 atom stereocenters. The highest BCUT2D eigenvalue weighted by molar-refractivity contribution is 6.21. The summed E-state index contributed by atoms with van der Waals surface area (Å²) in [6.07, 6.45) is 0. The fraction of sp³-hybridized carbons (Fsp3) is 0.0857. The van der Waals surface area contributed by atoms with Crippen molar-refractivity contribution in [2.75, 3.05) is 23.8 Å². The molecule has 5 aromatic rings. The number of amidine groups is 1. The predicted octanol–water partition coefficient (Wildman–Crippen LogP) is 6.80. The van der Waals surface area contributed by atoms with Gasteiger partial charge in [-0.2, -0.15) is 10.2 Å². The maximum atomic E-state index is 11.6. The highest BCUT2D eigenvalue weighted by atomic mass is 16.6. The first-order chi connectivity index (χ1) is 21.6. The van der Waals surface area contributed by atoms with Crippen LogP contribution in [0.1, 0.15) is 16.7 Å². The van der Waals surface area contributed by atoms with Gasteiger partial charge in [-0.25, -0.2) is 10.0 Å². The molecule has 0 bridgehead atoms. The van der Waals surface area contributed by atoms with Gasteiger partial charge in [0.25, 0.3) is 5.69 Å². The number of anilines is 2. The third-order valence-electron chi connectivity index (χ3n) is 8.46. The van der Waals surface area contributed by atoms with E-state index in [2.05, 4.69) is 47.4 Å². The maximum Gasteiger partial charge on any atom is 0.269 e. The quantitative estimate of drug-likeness (QED) is 0.168. The van der Waals surface area contributed by atoms with E-state index in [1.807, 2.05) is 70.7 Å². The van der Waals surface area contributed by atoms with Crippen molar-refractivity contribution >= 4 is 28.6 Å². The van der Waals surface area contributed by atoms with E-state index in [1.54, 1.807) is 19.2 Å². The van der Waals surface area contributed by atoms with Gasteiger partial charge in [-0.05, 0) is 47.5 Å². The van der Waals surface area contributed by atoms with Gasteiger partial charge in [0.2, 0.25) is 5.66 Å². The van der Waals surface area contributed by atoms with E-state index in [9.17, 15) is 10.1 Å². The minimum Gasteiger partial charge on any atom is -0.497 e. The molecule has 0 saturated heterocycles. The number of fused-ring (bicyclic) bond motifs is 4.